The molecule has 0 aromatic heterocycles. The minimum Gasteiger partial charge on any atom is -0.484 e. The first-order valence-corrected chi connectivity index (χ1v) is 8.56. The molecular formula is C16H19N3O5S. The molecule has 134 valence electrons. The summed E-state index contributed by atoms with van der Waals surface area (Å²) in [5.41, 5.74) is 4.47. The molecule has 3 rings (SSSR count). The molecule has 2 heterocycles. The molecule has 0 unspecified atom stereocenters. The third-order valence-corrected chi connectivity index (χ3v) is 5.93. The summed E-state index contributed by atoms with van der Waals surface area (Å²) in [5.74, 6) is -1.71. The number of benzene rings is 1. The summed E-state index contributed by atoms with van der Waals surface area (Å²) in [5, 5.41) is 11.3. The number of carboxylic acid groups (broad SMARTS) is 1. The van der Waals surface area contributed by atoms with Crippen molar-refractivity contribution in [3.05, 3.63) is 30.3 Å². The summed E-state index contributed by atoms with van der Waals surface area (Å²) in [7, 11) is 0. The fourth-order valence-electron chi connectivity index (χ4n) is 3.13. The lowest BCUT2D eigenvalue weighted by molar-refractivity contribution is -0.168. The number of β-lactam (4-membered cyclic amide) rings is 1. The Morgan fingerprint density at radius 1 is 1.36 bits per heavy atom. The highest BCUT2D eigenvalue weighted by Crippen LogP contribution is 2.53. The lowest BCUT2D eigenvalue weighted by Crippen LogP contribution is -2.84. The molecular weight excluding hydrogens is 346 g/mol. The summed E-state index contributed by atoms with van der Waals surface area (Å²) in [6.45, 7) is 3.19. The second kappa shape index (κ2) is 5.92. The van der Waals surface area contributed by atoms with Crippen LogP contribution in [-0.2, 0) is 14.4 Å². The predicted octanol–water partition coefficient (Wildman–Crippen LogP) is -0.0165. The van der Waals surface area contributed by atoms with E-state index in [0.717, 1.165) is 0 Å². The van der Waals surface area contributed by atoms with Crippen LogP contribution in [0.4, 0.5) is 0 Å². The SMILES string of the molecule is CC1(C)S[C@H]2N(C(=O)[C@]2(N)NC(=O)COc2ccccc2)[C@H]1C(=O)O. The van der Waals surface area contributed by atoms with Crippen molar-refractivity contribution in [2.24, 2.45) is 5.73 Å². The Morgan fingerprint density at radius 2 is 2.00 bits per heavy atom. The molecule has 0 radical (unpaired) electrons. The van der Waals surface area contributed by atoms with Crippen LogP contribution < -0.4 is 15.8 Å². The number of thioether (sulfide) groups is 1. The van der Waals surface area contributed by atoms with Crippen LogP contribution >= 0.6 is 11.8 Å². The van der Waals surface area contributed by atoms with Crippen molar-refractivity contribution in [1.29, 1.82) is 0 Å². The standard InChI is InChI=1S/C16H19N3O5S/c1-15(2)11(12(21)22)19-13(23)16(17,14(19)25-15)18-10(20)8-24-9-6-4-3-5-7-9/h3-7,11,14H,8,17H2,1-2H3,(H,18,20)(H,21,22)/t11-,14+,16-/m0/s1. The minimum atomic E-state index is -1.62. The number of carbonyl (C=O) groups excluding carboxylic acids is 2. The van der Waals surface area contributed by atoms with Gasteiger partial charge in [-0.15, -0.1) is 11.8 Å². The Bertz CT molecular complexity index is 726. The molecule has 25 heavy (non-hydrogen) atoms. The van der Waals surface area contributed by atoms with Gasteiger partial charge in [-0.1, -0.05) is 18.2 Å². The Kier molecular flexibility index (Phi) is 4.16. The van der Waals surface area contributed by atoms with Crippen molar-refractivity contribution in [3.8, 4) is 5.75 Å². The molecule has 2 aliphatic rings. The Balaban J connectivity index is 1.66. The van der Waals surface area contributed by atoms with Crippen LogP contribution in [-0.4, -0.2) is 56.2 Å². The van der Waals surface area contributed by atoms with Crippen molar-refractivity contribution in [2.75, 3.05) is 6.61 Å². The second-order valence-electron chi connectivity index (χ2n) is 6.55. The smallest absolute Gasteiger partial charge is 0.327 e. The molecule has 2 saturated heterocycles. The molecule has 2 amide bonds. The second-order valence-corrected chi connectivity index (χ2v) is 8.28. The quantitative estimate of drug-likeness (QED) is 0.495. The molecule has 9 heteroatoms. The fourth-order valence-corrected chi connectivity index (χ4v) is 4.73. The largest absolute Gasteiger partial charge is 0.484 e. The normalized spacial score (nSPS) is 29.6. The molecule has 2 aliphatic heterocycles. The van der Waals surface area contributed by atoms with Gasteiger partial charge in [-0.05, 0) is 26.0 Å². The first kappa shape index (κ1) is 17.6. The average molecular weight is 365 g/mol. The van der Waals surface area contributed by atoms with Gasteiger partial charge < -0.3 is 20.1 Å². The first-order chi connectivity index (χ1) is 11.7. The third kappa shape index (κ3) is 2.83. The summed E-state index contributed by atoms with van der Waals surface area (Å²) < 4.78 is 4.63. The van der Waals surface area contributed by atoms with E-state index >= 15 is 0 Å². The number of carbonyl (C=O) groups is 3. The van der Waals surface area contributed by atoms with Gasteiger partial charge in [-0.25, -0.2) is 4.79 Å². The number of hydrogen-bond acceptors (Lipinski definition) is 6. The van der Waals surface area contributed by atoms with Crippen LogP contribution in [0.25, 0.3) is 0 Å². The number of nitrogens with zero attached hydrogens (tertiary/aromatic N) is 1. The Morgan fingerprint density at radius 3 is 2.60 bits per heavy atom. The molecule has 1 aromatic carbocycles. The topological polar surface area (TPSA) is 122 Å². The maximum atomic E-state index is 12.4. The highest BCUT2D eigenvalue weighted by Gasteiger charge is 2.70. The van der Waals surface area contributed by atoms with Crippen LogP contribution in [0.15, 0.2) is 30.3 Å². The predicted molar refractivity (Wildman–Crippen MR) is 90.7 cm³/mol. The van der Waals surface area contributed by atoms with Gasteiger partial charge in [-0.3, -0.25) is 15.3 Å². The van der Waals surface area contributed by atoms with Crippen molar-refractivity contribution >= 4 is 29.5 Å². The molecule has 0 bridgehead atoms. The summed E-state index contributed by atoms with van der Waals surface area (Å²) >= 11 is 1.26. The first-order valence-electron chi connectivity index (χ1n) is 7.68. The number of carboxylic acids is 1. The van der Waals surface area contributed by atoms with Crippen LogP contribution in [0, 0.1) is 0 Å². The van der Waals surface area contributed by atoms with E-state index in [0.29, 0.717) is 5.75 Å². The number of nitrogens with two attached hydrogens (primary N) is 1. The lowest BCUT2D eigenvalue weighted by atomic mass is 9.92. The number of amides is 2. The fraction of sp³-hybridized carbons (Fsp3) is 0.438. The number of ether oxygens (including phenoxy) is 1. The number of fused-ring (bicyclic) bond motifs is 1. The lowest BCUT2D eigenvalue weighted by Gasteiger charge is -2.50. The molecule has 8 nitrogen and oxygen atoms in total. The maximum absolute atomic E-state index is 12.4. The zero-order valence-corrected chi connectivity index (χ0v) is 14.6. The van der Waals surface area contributed by atoms with Gasteiger partial charge in [0.05, 0.1) is 0 Å². The van der Waals surface area contributed by atoms with E-state index in [1.54, 1.807) is 38.1 Å². The minimum absolute atomic E-state index is 0.292. The molecule has 2 fully saturated rings. The van der Waals surface area contributed by atoms with Gasteiger partial charge in [0.15, 0.2) is 12.3 Å². The molecule has 4 N–H and O–H groups in total. The van der Waals surface area contributed by atoms with E-state index in [-0.39, 0.29) is 6.61 Å². The molecule has 3 atom stereocenters. The summed E-state index contributed by atoms with van der Waals surface area (Å²) in [6, 6.07) is 7.79. The highest BCUT2D eigenvalue weighted by molar-refractivity contribution is 8.01. The Labute approximate surface area is 148 Å². The van der Waals surface area contributed by atoms with Crippen LogP contribution in [0.3, 0.4) is 0 Å². The van der Waals surface area contributed by atoms with E-state index in [1.807, 2.05) is 6.07 Å². The van der Waals surface area contributed by atoms with Gasteiger partial charge >= 0.3 is 5.97 Å². The van der Waals surface area contributed by atoms with Crippen LogP contribution in [0.2, 0.25) is 0 Å². The van der Waals surface area contributed by atoms with E-state index in [4.69, 9.17) is 10.5 Å². The van der Waals surface area contributed by atoms with Crippen molar-refractivity contribution in [3.63, 3.8) is 0 Å². The molecule has 0 spiro atoms. The van der Waals surface area contributed by atoms with Gasteiger partial charge in [-0.2, -0.15) is 0 Å². The zero-order chi connectivity index (χ0) is 18.4. The van der Waals surface area contributed by atoms with Gasteiger partial charge in [0, 0.05) is 4.75 Å². The summed E-state index contributed by atoms with van der Waals surface area (Å²) in [6.07, 6.45) is 0. The number of nitrogens with one attached hydrogen (secondary N) is 1. The monoisotopic (exact) mass is 365 g/mol. The number of para-hydroxylation sites is 1. The molecule has 0 aliphatic carbocycles. The van der Waals surface area contributed by atoms with Gasteiger partial charge in [0.2, 0.25) is 0 Å². The van der Waals surface area contributed by atoms with Crippen molar-refractivity contribution in [2.45, 2.75) is 35.7 Å². The zero-order valence-electron chi connectivity index (χ0n) is 13.8. The van der Waals surface area contributed by atoms with E-state index < -0.39 is 39.6 Å². The average Bonchev–Trinajstić information content (AvgIpc) is 2.83. The number of hydrogen-bond donors (Lipinski definition) is 3. The van der Waals surface area contributed by atoms with Crippen molar-refractivity contribution in [1.82, 2.24) is 10.2 Å². The van der Waals surface area contributed by atoms with Gasteiger partial charge in [0.1, 0.15) is 17.2 Å². The van der Waals surface area contributed by atoms with E-state index in [9.17, 15) is 19.5 Å². The number of aliphatic carboxylic acids is 1. The molecule has 1 aromatic rings. The maximum Gasteiger partial charge on any atom is 0.327 e. The van der Waals surface area contributed by atoms with E-state index in [1.165, 1.54) is 16.7 Å². The highest BCUT2D eigenvalue weighted by atomic mass is 32.2. The van der Waals surface area contributed by atoms with Gasteiger partial charge in [0.25, 0.3) is 11.8 Å². The van der Waals surface area contributed by atoms with E-state index in [2.05, 4.69) is 5.32 Å². The summed E-state index contributed by atoms with van der Waals surface area (Å²) in [4.78, 5) is 37.3. The number of rotatable bonds is 5. The third-order valence-electron chi connectivity index (χ3n) is 4.28. The van der Waals surface area contributed by atoms with Crippen LogP contribution in [0.5, 0.6) is 5.75 Å². The Hall–Kier alpha value is -2.26. The van der Waals surface area contributed by atoms with Crippen molar-refractivity contribution < 1.29 is 24.2 Å². The van der Waals surface area contributed by atoms with Crippen LogP contribution in [0.1, 0.15) is 13.8 Å². The molecule has 0 saturated carbocycles.